The summed E-state index contributed by atoms with van der Waals surface area (Å²) in [4.78, 5) is 38.3. The second-order valence-electron chi connectivity index (χ2n) is 7.34. The zero-order valence-electron chi connectivity index (χ0n) is 16.2. The summed E-state index contributed by atoms with van der Waals surface area (Å²) in [5.41, 5.74) is -0.465. The van der Waals surface area contributed by atoms with Gasteiger partial charge in [0.2, 0.25) is 5.69 Å². The van der Waals surface area contributed by atoms with Crippen molar-refractivity contribution in [2.24, 2.45) is 0 Å². The van der Waals surface area contributed by atoms with Crippen LogP contribution in [0.3, 0.4) is 0 Å². The lowest BCUT2D eigenvalue weighted by atomic mass is 9.92. The van der Waals surface area contributed by atoms with Gasteiger partial charge in [-0.1, -0.05) is 23.2 Å². The molecule has 1 aliphatic carbocycles. The average Bonchev–Trinajstić information content (AvgIpc) is 3.12. The molecule has 0 saturated heterocycles. The van der Waals surface area contributed by atoms with Gasteiger partial charge in [-0.2, -0.15) is 15.0 Å². The number of hydrogen-bond donors (Lipinski definition) is 1. The summed E-state index contributed by atoms with van der Waals surface area (Å²) >= 11 is 13.0. The molecule has 4 aromatic rings. The zero-order valence-corrected chi connectivity index (χ0v) is 17.8. The van der Waals surface area contributed by atoms with E-state index in [0.717, 1.165) is 23.9 Å². The third-order valence-corrected chi connectivity index (χ3v) is 6.07. The van der Waals surface area contributed by atoms with E-state index in [1.165, 1.54) is 22.9 Å². The van der Waals surface area contributed by atoms with Crippen LogP contribution in [0.2, 0.25) is 10.0 Å². The zero-order chi connectivity index (χ0) is 22.6. The van der Waals surface area contributed by atoms with Crippen molar-refractivity contribution in [1.82, 2.24) is 29.1 Å². The Morgan fingerprint density at radius 3 is 2.41 bits per heavy atom. The molecule has 32 heavy (non-hydrogen) atoms. The third-order valence-electron chi connectivity index (χ3n) is 5.50. The van der Waals surface area contributed by atoms with Crippen molar-refractivity contribution < 1.29 is 0 Å². The number of nitrogens with one attached hydrogen (secondary N) is 1. The minimum Gasteiger partial charge on any atom is -0.302 e. The van der Waals surface area contributed by atoms with Crippen LogP contribution in [0, 0.1) is 11.3 Å². The molecule has 1 aliphatic rings. The first-order valence-electron chi connectivity index (χ1n) is 9.62. The molecule has 10 nitrogen and oxygen atoms in total. The van der Waals surface area contributed by atoms with Crippen LogP contribution in [-0.2, 0) is 0 Å². The summed E-state index contributed by atoms with van der Waals surface area (Å²) in [6, 6.07) is 7.76. The van der Waals surface area contributed by atoms with Crippen LogP contribution in [0.15, 0.2) is 44.8 Å². The number of H-pyrrole nitrogens is 1. The molecule has 3 heterocycles. The highest BCUT2D eigenvalue weighted by atomic mass is 35.5. The maximum absolute atomic E-state index is 12.4. The largest absolute Gasteiger partial charge is 0.349 e. The second-order valence-corrected chi connectivity index (χ2v) is 8.16. The molecule has 1 N–H and O–H groups in total. The van der Waals surface area contributed by atoms with Crippen LogP contribution < -0.4 is 16.8 Å². The van der Waals surface area contributed by atoms with Gasteiger partial charge in [0.15, 0.2) is 0 Å². The quantitative estimate of drug-likeness (QED) is 0.489. The van der Waals surface area contributed by atoms with Gasteiger partial charge in [-0.05, 0) is 37.5 Å². The van der Waals surface area contributed by atoms with Crippen LogP contribution >= 0.6 is 23.2 Å². The van der Waals surface area contributed by atoms with Crippen molar-refractivity contribution in [3.63, 3.8) is 0 Å². The van der Waals surface area contributed by atoms with Gasteiger partial charge in [-0.25, -0.2) is 9.48 Å². The van der Waals surface area contributed by atoms with E-state index in [1.54, 1.807) is 22.9 Å². The first-order valence-corrected chi connectivity index (χ1v) is 10.4. The van der Waals surface area contributed by atoms with Crippen LogP contribution in [0.5, 0.6) is 0 Å². The Kier molecular flexibility index (Phi) is 4.73. The molecule has 0 aliphatic heterocycles. The topological polar surface area (TPSA) is 131 Å². The van der Waals surface area contributed by atoms with E-state index in [0.29, 0.717) is 16.7 Å². The lowest BCUT2D eigenvalue weighted by Crippen LogP contribution is -2.33. The number of fused-ring (bicyclic) bond motifs is 1. The van der Waals surface area contributed by atoms with Gasteiger partial charge in [0.25, 0.3) is 11.1 Å². The highest BCUT2D eigenvalue weighted by molar-refractivity contribution is 6.38. The van der Waals surface area contributed by atoms with E-state index < -0.39 is 16.9 Å². The lowest BCUT2D eigenvalue weighted by Gasteiger charge is -2.28. The van der Waals surface area contributed by atoms with E-state index in [2.05, 4.69) is 10.2 Å². The Hall–Kier alpha value is -3.68. The van der Waals surface area contributed by atoms with Crippen LogP contribution in [0.25, 0.3) is 22.4 Å². The number of pyridine rings is 1. The fourth-order valence-electron chi connectivity index (χ4n) is 3.76. The highest BCUT2D eigenvalue weighted by Gasteiger charge is 2.24. The van der Waals surface area contributed by atoms with Crippen molar-refractivity contribution in [2.45, 2.75) is 25.3 Å². The number of nitriles is 1. The summed E-state index contributed by atoms with van der Waals surface area (Å²) in [7, 11) is 0. The molecule has 0 unspecified atom stereocenters. The molecule has 160 valence electrons. The smallest absolute Gasteiger partial charge is 0.302 e. The van der Waals surface area contributed by atoms with Gasteiger partial charge in [0.05, 0.1) is 33.0 Å². The molecule has 3 aromatic heterocycles. The minimum absolute atomic E-state index is 0.0916. The van der Waals surface area contributed by atoms with Crippen molar-refractivity contribution in [3.8, 4) is 17.4 Å². The molecule has 1 aromatic carbocycles. The van der Waals surface area contributed by atoms with Gasteiger partial charge in [0.1, 0.15) is 11.8 Å². The molecule has 0 radical (unpaired) electrons. The summed E-state index contributed by atoms with van der Waals surface area (Å²) in [6.07, 6.45) is 4.55. The monoisotopic (exact) mass is 469 g/mol. The van der Waals surface area contributed by atoms with Gasteiger partial charge in [-0.3, -0.25) is 14.6 Å². The van der Waals surface area contributed by atoms with Crippen molar-refractivity contribution in [2.75, 3.05) is 0 Å². The molecule has 1 fully saturated rings. The Balaban J connectivity index is 1.68. The van der Waals surface area contributed by atoms with E-state index >= 15 is 0 Å². The predicted octanol–water partition coefficient (Wildman–Crippen LogP) is 2.32. The first kappa shape index (κ1) is 20.2. The second kappa shape index (κ2) is 7.47. The van der Waals surface area contributed by atoms with Gasteiger partial charge in [-0.15, -0.1) is 5.10 Å². The summed E-state index contributed by atoms with van der Waals surface area (Å²) in [5.74, 6) is 0. The van der Waals surface area contributed by atoms with Gasteiger partial charge < -0.3 is 4.57 Å². The molecule has 1 saturated carbocycles. The molecule has 0 atom stereocenters. The van der Waals surface area contributed by atoms with E-state index in [9.17, 15) is 14.4 Å². The minimum atomic E-state index is -0.886. The number of aromatic nitrogens is 6. The summed E-state index contributed by atoms with van der Waals surface area (Å²) < 4.78 is 4.10. The maximum atomic E-state index is 12.4. The maximum Gasteiger partial charge on any atom is 0.349 e. The number of halogens is 2. The standard InChI is InChI=1S/C20H13Cl2N7O3/c21-12-6-11(28-20(32)25-19(31)14(8-23)26-28)7-13(22)18(12)29-15-4-5-17(30)27(10-2-1-3-10)16(15)9-24-29/h4-7,9-10H,1-3H2,(H,25,31,32). The summed E-state index contributed by atoms with van der Waals surface area (Å²) in [6.45, 7) is 0. The normalized spacial score (nSPS) is 13.8. The third kappa shape index (κ3) is 3.05. The SMILES string of the molecule is N#Cc1nn(-c2cc(Cl)c(-n3ncc4c3ccc(=O)n4C3CCC3)c(Cl)c2)c(=O)[nH]c1=O. The summed E-state index contributed by atoms with van der Waals surface area (Å²) in [5, 5.41) is 17.5. The fraction of sp³-hybridized carbons (Fsp3) is 0.200. The van der Waals surface area contributed by atoms with Gasteiger partial charge >= 0.3 is 5.69 Å². The Bertz CT molecular complexity index is 1600. The molecule has 5 rings (SSSR count). The van der Waals surface area contributed by atoms with Crippen molar-refractivity contribution >= 4 is 34.2 Å². The van der Waals surface area contributed by atoms with Crippen molar-refractivity contribution in [3.05, 3.63) is 77.4 Å². The number of aromatic amines is 1. The molecule has 12 heteroatoms. The number of rotatable bonds is 3. The molecule has 0 amide bonds. The average molecular weight is 470 g/mol. The Morgan fingerprint density at radius 1 is 1.06 bits per heavy atom. The van der Waals surface area contributed by atoms with Crippen molar-refractivity contribution in [1.29, 1.82) is 5.26 Å². The predicted molar refractivity (Wildman–Crippen MR) is 117 cm³/mol. The first-order chi connectivity index (χ1) is 15.4. The molecular formula is C20H13Cl2N7O3. The fourth-order valence-corrected chi connectivity index (χ4v) is 4.40. The Morgan fingerprint density at radius 2 is 1.78 bits per heavy atom. The number of benzene rings is 1. The Labute approximate surface area is 188 Å². The molecular weight excluding hydrogens is 457 g/mol. The van der Waals surface area contributed by atoms with E-state index in [4.69, 9.17) is 28.5 Å². The lowest BCUT2D eigenvalue weighted by molar-refractivity contribution is 0.314. The number of nitrogens with zero attached hydrogens (tertiary/aromatic N) is 6. The highest BCUT2D eigenvalue weighted by Crippen LogP contribution is 2.35. The molecule has 0 bridgehead atoms. The van der Waals surface area contributed by atoms with Crippen LogP contribution in [-0.4, -0.2) is 29.1 Å². The van der Waals surface area contributed by atoms with E-state index in [1.807, 2.05) is 4.98 Å². The van der Waals surface area contributed by atoms with Gasteiger partial charge in [0, 0.05) is 12.1 Å². The van der Waals surface area contributed by atoms with E-state index in [-0.39, 0.29) is 27.3 Å². The van der Waals surface area contributed by atoms with Crippen LogP contribution in [0.1, 0.15) is 31.0 Å². The number of hydrogen-bond acceptors (Lipinski definition) is 6. The molecule has 0 spiro atoms. The van der Waals surface area contributed by atoms with Crippen LogP contribution in [0.4, 0.5) is 0 Å².